The number of thiazole rings is 1. The number of hydrogen-bond acceptors (Lipinski definition) is 4. The van der Waals surface area contributed by atoms with Crippen LogP contribution in [0.25, 0.3) is 0 Å². The Balaban J connectivity index is 0.00000182. The van der Waals surface area contributed by atoms with Crippen LogP contribution in [0.1, 0.15) is 37.4 Å². The van der Waals surface area contributed by atoms with Gasteiger partial charge < -0.3 is 15.0 Å². The Morgan fingerprint density at radius 2 is 2.04 bits per heavy atom. The Morgan fingerprint density at radius 1 is 1.32 bits per heavy atom. The van der Waals surface area contributed by atoms with Crippen LogP contribution < -0.4 is 5.32 Å². The molecule has 3 aliphatic heterocycles. The van der Waals surface area contributed by atoms with E-state index in [-0.39, 0.29) is 24.0 Å². The molecule has 5 nitrogen and oxygen atoms in total. The molecule has 140 valence electrons. The van der Waals surface area contributed by atoms with Crippen molar-refractivity contribution in [1.82, 2.24) is 15.2 Å². The van der Waals surface area contributed by atoms with Crippen molar-refractivity contribution in [3.8, 4) is 0 Å². The zero-order chi connectivity index (χ0) is 16.5. The normalized spacial score (nSPS) is 30.5. The number of fused-ring (bicyclic) bond motifs is 5. The van der Waals surface area contributed by atoms with Crippen molar-refractivity contribution >= 4 is 41.3 Å². The molecule has 0 aromatic carbocycles. The summed E-state index contributed by atoms with van der Waals surface area (Å²) in [5.41, 5.74) is 1.18. The van der Waals surface area contributed by atoms with Crippen LogP contribution in [-0.2, 0) is 17.6 Å². The van der Waals surface area contributed by atoms with Gasteiger partial charge in [0, 0.05) is 49.8 Å². The molecule has 25 heavy (non-hydrogen) atoms. The van der Waals surface area contributed by atoms with E-state index in [1.54, 1.807) is 11.3 Å². The number of aromatic nitrogens is 1. The first-order valence-electron chi connectivity index (χ1n) is 9.40. The van der Waals surface area contributed by atoms with Crippen molar-refractivity contribution < 1.29 is 4.74 Å². The molecule has 0 aliphatic carbocycles. The van der Waals surface area contributed by atoms with Gasteiger partial charge in [-0.2, -0.15) is 0 Å². The zero-order valence-electron chi connectivity index (χ0n) is 15.1. The number of aryl methyl sites for hydroxylation is 1. The summed E-state index contributed by atoms with van der Waals surface area (Å²) in [5.74, 6) is 2.52. The van der Waals surface area contributed by atoms with Gasteiger partial charge in [-0.1, -0.05) is 6.92 Å². The number of nitrogens with one attached hydrogen (secondary N) is 1. The van der Waals surface area contributed by atoms with Crippen LogP contribution in [0.5, 0.6) is 0 Å². The van der Waals surface area contributed by atoms with Crippen LogP contribution >= 0.6 is 35.3 Å². The Kier molecular flexibility index (Phi) is 6.60. The zero-order valence-corrected chi connectivity index (χ0v) is 18.3. The summed E-state index contributed by atoms with van der Waals surface area (Å²) in [4.78, 5) is 12.0. The SMILES string of the molecule is CCNC(=NCCc1csc(CC)n1)N1CC2C3CCC(O3)C2C1.I. The lowest BCUT2D eigenvalue weighted by molar-refractivity contribution is 0.0767. The second-order valence-electron chi connectivity index (χ2n) is 7.09. The monoisotopic (exact) mass is 476 g/mol. The van der Waals surface area contributed by atoms with Crippen molar-refractivity contribution in [1.29, 1.82) is 0 Å². The van der Waals surface area contributed by atoms with E-state index in [9.17, 15) is 0 Å². The van der Waals surface area contributed by atoms with Crippen molar-refractivity contribution in [2.24, 2.45) is 16.8 Å². The summed E-state index contributed by atoms with van der Waals surface area (Å²) in [6.07, 6.45) is 5.50. The van der Waals surface area contributed by atoms with E-state index >= 15 is 0 Å². The average molecular weight is 476 g/mol. The topological polar surface area (TPSA) is 49.8 Å². The number of guanidine groups is 1. The smallest absolute Gasteiger partial charge is 0.193 e. The fourth-order valence-electron chi connectivity index (χ4n) is 4.46. The van der Waals surface area contributed by atoms with E-state index in [1.807, 2.05) is 0 Å². The first-order valence-corrected chi connectivity index (χ1v) is 10.3. The lowest BCUT2D eigenvalue weighted by atomic mass is 9.82. The molecule has 4 heterocycles. The van der Waals surface area contributed by atoms with Crippen LogP contribution in [0.4, 0.5) is 0 Å². The maximum Gasteiger partial charge on any atom is 0.193 e. The number of nitrogens with zero attached hydrogens (tertiary/aromatic N) is 3. The van der Waals surface area contributed by atoms with Crippen molar-refractivity contribution in [3.63, 3.8) is 0 Å². The molecular weight excluding hydrogens is 447 g/mol. The summed E-state index contributed by atoms with van der Waals surface area (Å²) < 4.78 is 6.09. The molecule has 3 saturated heterocycles. The number of aliphatic imine (C=N–C) groups is 1. The largest absolute Gasteiger partial charge is 0.374 e. The van der Waals surface area contributed by atoms with E-state index < -0.39 is 0 Å². The highest BCUT2D eigenvalue weighted by Gasteiger charge is 2.53. The lowest BCUT2D eigenvalue weighted by Crippen LogP contribution is -2.41. The summed E-state index contributed by atoms with van der Waals surface area (Å²) in [6.45, 7) is 8.25. The molecule has 4 unspecified atom stereocenters. The van der Waals surface area contributed by atoms with E-state index in [4.69, 9.17) is 9.73 Å². The predicted molar refractivity (Wildman–Crippen MR) is 113 cm³/mol. The van der Waals surface area contributed by atoms with Crippen LogP contribution in [0.3, 0.4) is 0 Å². The summed E-state index contributed by atoms with van der Waals surface area (Å²) in [6, 6.07) is 0. The minimum atomic E-state index is 0. The highest BCUT2D eigenvalue weighted by atomic mass is 127. The fraction of sp³-hybridized carbons (Fsp3) is 0.778. The molecule has 0 spiro atoms. The van der Waals surface area contributed by atoms with Gasteiger partial charge in [0.15, 0.2) is 5.96 Å². The molecule has 1 N–H and O–H groups in total. The second-order valence-corrected chi connectivity index (χ2v) is 8.04. The summed E-state index contributed by atoms with van der Waals surface area (Å²) in [7, 11) is 0. The Labute approximate surface area is 171 Å². The number of ether oxygens (including phenoxy) is 1. The molecule has 4 rings (SSSR count). The maximum atomic E-state index is 6.09. The summed E-state index contributed by atoms with van der Waals surface area (Å²) >= 11 is 1.76. The van der Waals surface area contributed by atoms with E-state index in [0.717, 1.165) is 56.8 Å². The number of halogens is 1. The third kappa shape index (κ3) is 3.98. The number of likely N-dealkylation sites (tertiary alicyclic amines) is 1. The van der Waals surface area contributed by atoms with Crippen molar-refractivity contribution in [2.45, 2.75) is 51.7 Å². The first-order chi connectivity index (χ1) is 11.8. The second kappa shape index (κ2) is 8.52. The molecular formula is C18H29IN4OS. The van der Waals surface area contributed by atoms with E-state index in [0.29, 0.717) is 12.2 Å². The molecule has 7 heteroatoms. The number of rotatable bonds is 5. The van der Waals surface area contributed by atoms with Crippen LogP contribution in [0.2, 0.25) is 0 Å². The molecule has 3 aliphatic rings. The van der Waals surface area contributed by atoms with Gasteiger partial charge in [0.05, 0.1) is 22.9 Å². The molecule has 2 bridgehead atoms. The Hall–Kier alpha value is -0.410. The predicted octanol–water partition coefficient (Wildman–Crippen LogP) is 2.94. The fourth-order valence-corrected chi connectivity index (χ4v) is 5.24. The molecule has 0 saturated carbocycles. The molecule has 0 amide bonds. The molecule has 4 atom stereocenters. The van der Waals surface area contributed by atoms with E-state index in [2.05, 4.69) is 34.4 Å². The van der Waals surface area contributed by atoms with Crippen LogP contribution in [-0.4, -0.2) is 54.2 Å². The first kappa shape index (κ1) is 19.4. The third-order valence-electron chi connectivity index (χ3n) is 5.62. The minimum absolute atomic E-state index is 0. The van der Waals surface area contributed by atoms with Gasteiger partial charge in [-0.15, -0.1) is 35.3 Å². The van der Waals surface area contributed by atoms with Crippen LogP contribution in [0, 0.1) is 11.8 Å². The average Bonchev–Trinajstić information content (AvgIpc) is 3.34. The highest BCUT2D eigenvalue weighted by molar-refractivity contribution is 14.0. The van der Waals surface area contributed by atoms with Gasteiger partial charge in [-0.25, -0.2) is 4.98 Å². The maximum absolute atomic E-state index is 6.09. The quantitative estimate of drug-likeness (QED) is 0.404. The Morgan fingerprint density at radius 3 is 2.64 bits per heavy atom. The van der Waals surface area contributed by atoms with Crippen molar-refractivity contribution in [3.05, 3.63) is 16.1 Å². The minimum Gasteiger partial charge on any atom is -0.374 e. The standard InChI is InChI=1S/C18H28N4OS.HI/c1-3-17-21-12(11-24-17)7-8-20-18(19-4-2)22-9-13-14(10-22)16-6-5-15(13)23-16;/h11,13-16H,3-10H2,1-2H3,(H,19,20);1H. The Bertz CT molecular complexity index is 590. The molecule has 3 fully saturated rings. The summed E-state index contributed by atoms with van der Waals surface area (Å²) in [5, 5.41) is 6.89. The highest BCUT2D eigenvalue weighted by Crippen LogP contribution is 2.47. The van der Waals surface area contributed by atoms with E-state index in [1.165, 1.54) is 23.5 Å². The lowest BCUT2D eigenvalue weighted by Gasteiger charge is -2.23. The van der Waals surface area contributed by atoms with Gasteiger partial charge >= 0.3 is 0 Å². The molecule has 1 aromatic heterocycles. The van der Waals surface area contributed by atoms with Crippen LogP contribution in [0.15, 0.2) is 10.4 Å². The van der Waals surface area contributed by atoms with Gasteiger partial charge in [0.1, 0.15) is 0 Å². The number of hydrogen-bond donors (Lipinski definition) is 1. The van der Waals surface area contributed by atoms with Gasteiger partial charge in [-0.3, -0.25) is 4.99 Å². The van der Waals surface area contributed by atoms with Gasteiger partial charge in [-0.05, 0) is 26.2 Å². The molecule has 1 aromatic rings. The molecule has 0 radical (unpaired) electrons. The van der Waals surface area contributed by atoms with Gasteiger partial charge in [0.25, 0.3) is 0 Å². The third-order valence-corrected chi connectivity index (χ3v) is 6.66. The van der Waals surface area contributed by atoms with Gasteiger partial charge in [0.2, 0.25) is 0 Å². The van der Waals surface area contributed by atoms with Crippen molar-refractivity contribution in [2.75, 3.05) is 26.2 Å².